The molecule has 0 N–H and O–H groups in total. The Morgan fingerprint density at radius 1 is 0.950 bits per heavy atom. The second-order valence-electron chi connectivity index (χ2n) is 10.7. The summed E-state index contributed by atoms with van der Waals surface area (Å²) in [5.41, 5.74) is 10.8. The van der Waals surface area contributed by atoms with Gasteiger partial charge in [0.15, 0.2) is 4.80 Å². The zero-order valence-corrected chi connectivity index (χ0v) is 23.4. The molecule has 3 aromatic carbocycles. The van der Waals surface area contributed by atoms with Crippen molar-refractivity contribution < 1.29 is 4.39 Å². The van der Waals surface area contributed by atoms with Gasteiger partial charge in [0.2, 0.25) is 0 Å². The lowest BCUT2D eigenvalue weighted by molar-refractivity contribution is 0.581. The van der Waals surface area contributed by atoms with Crippen molar-refractivity contribution in [3.05, 3.63) is 149 Å². The molecule has 1 aliphatic carbocycles. The Balaban J connectivity index is 1.43. The maximum Gasteiger partial charge on any atom is 0.271 e. The van der Waals surface area contributed by atoms with E-state index >= 15 is 0 Å². The lowest BCUT2D eigenvalue weighted by atomic mass is 9.83. The SMILES string of the molecule is Cc1ccc(-n2c(C)cc(/C=c3/sc4n(c3=O)[C@H](c3ccc(F)cc3)C3=C(N=4)c4ccccc4CC3)c2C)cc1. The Morgan fingerprint density at radius 2 is 1.70 bits per heavy atom. The number of hydrogen-bond donors (Lipinski definition) is 0. The lowest BCUT2D eigenvalue weighted by Crippen LogP contribution is -2.38. The normalized spacial score (nSPS) is 16.4. The van der Waals surface area contributed by atoms with Crippen molar-refractivity contribution in [3.63, 3.8) is 0 Å². The first-order valence-corrected chi connectivity index (χ1v) is 14.4. The molecule has 0 saturated carbocycles. The minimum Gasteiger partial charge on any atom is -0.318 e. The van der Waals surface area contributed by atoms with Crippen LogP contribution in [0.2, 0.25) is 0 Å². The van der Waals surface area contributed by atoms with Crippen LogP contribution in [-0.4, -0.2) is 9.13 Å². The Kier molecular flexibility index (Phi) is 5.82. The fraction of sp³-hybridized carbons (Fsp3) is 0.176. The smallest absolute Gasteiger partial charge is 0.271 e. The summed E-state index contributed by atoms with van der Waals surface area (Å²) in [5.74, 6) is -0.289. The molecule has 5 aromatic rings. The van der Waals surface area contributed by atoms with E-state index in [9.17, 15) is 9.18 Å². The highest BCUT2D eigenvalue weighted by Gasteiger charge is 2.32. The van der Waals surface area contributed by atoms with Crippen molar-refractivity contribution >= 4 is 23.1 Å². The van der Waals surface area contributed by atoms with Gasteiger partial charge >= 0.3 is 0 Å². The summed E-state index contributed by atoms with van der Waals surface area (Å²) in [6, 6.07) is 25.2. The van der Waals surface area contributed by atoms with Crippen molar-refractivity contribution in [1.82, 2.24) is 9.13 Å². The molecule has 1 atom stereocenters. The van der Waals surface area contributed by atoms with Gasteiger partial charge in [-0.2, -0.15) is 0 Å². The van der Waals surface area contributed by atoms with Crippen LogP contribution in [0.15, 0.2) is 94.2 Å². The molecule has 6 heteroatoms. The molecular weight excluding hydrogens is 517 g/mol. The molecule has 0 amide bonds. The topological polar surface area (TPSA) is 39.3 Å². The highest BCUT2D eigenvalue weighted by Crippen LogP contribution is 2.41. The predicted molar refractivity (Wildman–Crippen MR) is 159 cm³/mol. The summed E-state index contributed by atoms with van der Waals surface area (Å²) in [5, 5.41) is 0. The van der Waals surface area contributed by atoms with Crippen LogP contribution >= 0.6 is 11.3 Å². The second kappa shape index (κ2) is 9.42. The third-order valence-corrected chi connectivity index (χ3v) is 9.09. The van der Waals surface area contributed by atoms with Crippen LogP contribution in [0.5, 0.6) is 0 Å². The highest BCUT2D eigenvalue weighted by atomic mass is 32.1. The summed E-state index contributed by atoms with van der Waals surface area (Å²) in [7, 11) is 0. The van der Waals surface area contributed by atoms with Crippen molar-refractivity contribution in [3.8, 4) is 5.69 Å². The quantitative estimate of drug-likeness (QED) is 0.267. The lowest BCUT2D eigenvalue weighted by Gasteiger charge is -2.30. The Bertz CT molecular complexity index is 2010. The van der Waals surface area contributed by atoms with E-state index in [1.807, 2.05) is 16.7 Å². The Labute approximate surface area is 235 Å². The van der Waals surface area contributed by atoms with E-state index in [-0.39, 0.29) is 17.4 Å². The van der Waals surface area contributed by atoms with Crippen LogP contribution < -0.4 is 14.9 Å². The standard InChI is InChI=1S/C34H28FN3OS/c1-20-8-15-27(16-9-20)37-21(2)18-25(22(37)3)19-30-33(39)38-32(24-10-13-26(35)14-11-24)29-17-12-23-6-4-5-7-28(23)31(29)36-34(38)40-30/h4-11,13-16,18-19,32H,12,17H2,1-3H3/b30-19+/t32-/m1/s1. The molecule has 198 valence electrons. The molecule has 0 bridgehead atoms. The number of nitrogens with zero attached hydrogens (tertiary/aromatic N) is 3. The van der Waals surface area contributed by atoms with Crippen molar-refractivity contribution in [2.75, 3.05) is 0 Å². The maximum atomic E-state index is 14.1. The number of fused-ring (bicyclic) bond motifs is 3. The van der Waals surface area contributed by atoms with Gasteiger partial charge in [0.1, 0.15) is 5.82 Å². The van der Waals surface area contributed by atoms with Crippen molar-refractivity contribution in [2.45, 2.75) is 39.7 Å². The average Bonchev–Trinajstić information content (AvgIpc) is 3.42. The molecule has 2 aliphatic rings. The van der Waals surface area contributed by atoms with E-state index in [0.717, 1.165) is 57.9 Å². The number of benzene rings is 3. The van der Waals surface area contributed by atoms with Crippen LogP contribution in [0.1, 0.15) is 51.7 Å². The number of halogens is 1. The predicted octanol–water partition coefficient (Wildman–Crippen LogP) is 6.17. The Hall–Kier alpha value is -4.29. The van der Waals surface area contributed by atoms with Gasteiger partial charge in [-0.15, -0.1) is 0 Å². The van der Waals surface area contributed by atoms with E-state index in [2.05, 4.69) is 73.9 Å². The first kappa shape index (κ1) is 24.7. The van der Waals surface area contributed by atoms with Gasteiger partial charge in [0.05, 0.1) is 16.3 Å². The third kappa shape index (κ3) is 3.94. The molecule has 0 unspecified atom stereocenters. The first-order chi connectivity index (χ1) is 19.4. The number of allylic oxidation sites excluding steroid dienone is 1. The average molecular weight is 546 g/mol. The van der Waals surface area contributed by atoms with Crippen LogP contribution in [-0.2, 0) is 6.42 Å². The van der Waals surface area contributed by atoms with E-state index in [1.165, 1.54) is 34.6 Å². The number of aryl methyl sites for hydroxylation is 3. The number of thiazole rings is 1. The first-order valence-electron chi connectivity index (χ1n) is 13.5. The molecule has 1 aliphatic heterocycles. The van der Waals surface area contributed by atoms with Gasteiger partial charge in [0, 0.05) is 22.6 Å². The molecule has 0 fully saturated rings. The van der Waals surface area contributed by atoms with E-state index in [0.29, 0.717) is 9.33 Å². The summed E-state index contributed by atoms with van der Waals surface area (Å²) in [6.45, 7) is 6.26. The summed E-state index contributed by atoms with van der Waals surface area (Å²) < 4.78 is 18.6. The van der Waals surface area contributed by atoms with Crippen molar-refractivity contribution in [2.24, 2.45) is 4.99 Å². The highest BCUT2D eigenvalue weighted by molar-refractivity contribution is 7.07. The van der Waals surface area contributed by atoms with Gasteiger partial charge in [0.25, 0.3) is 5.56 Å². The molecule has 4 nitrogen and oxygen atoms in total. The molecule has 0 saturated heterocycles. The maximum absolute atomic E-state index is 14.1. The van der Waals surface area contributed by atoms with E-state index in [4.69, 9.17) is 4.99 Å². The number of hydrogen-bond acceptors (Lipinski definition) is 3. The largest absolute Gasteiger partial charge is 0.318 e. The van der Waals surface area contributed by atoms with Gasteiger partial charge in [-0.05, 0) is 92.3 Å². The van der Waals surface area contributed by atoms with Gasteiger partial charge < -0.3 is 4.57 Å². The summed E-state index contributed by atoms with van der Waals surface area (Å²) >= 11 is 1.42. The van der Waals surface area contributed by atoms with Crippen molar-refractivity contribution in [1.29, 1.82) is 0 Å². The van der Waals surface area contributed by atoms with E-state index < -0.39 is 0 Å². The van der Waals surface area contributed by atoms with Crippen LogP contribution in [0.25, 0.3) is 17.5 Å². The van der Waals surface area contributed by atoms with Gasteiger partial charge in [-0.1, -0.05) is 65.4 Å². The fourth-order valence-corrected chi connectivity index (χ4v) is 7.13. The van der Waals surface area contributed by atoms with Crippen LogP contribution in [0.3, 0.4) is 0 Å². The second-order valence-corrected chi connectivity index (χ2v) is 11.7. The minimum absolute atomic E-state index is 0.0661. The minimum atomic E-state index is -0.317. The van der Waals surface area contributed by atoms with Crippen LogP contribution in [0, 0.1) is 26.6 Å². The molecule has 0 spiro atoms. The molecule has 40 heavy (non-hydrogen) atoms. The number of aromatic nitrogens is 2. The van der Waals surface area contributed by atoms with Gasteiger partial charge in [-0.25, -0.2) is 9.38 Å². The molecule has 2 aromatic heterocycles. The van der Waals surface area contributed by atoms with E-state index in [1.54, 1.807) is 12.1 Å². The van der Waals surface area contributed by atoms with Crippen LogP contribution in [0.4, 0.5) is 4.39 Å². The molecule has 7 rings (SSSR count). The fourth-order valence-electron chi connectivity index (χ4n) is 6.13. The monoisotopic (exact) mass is 545 g/mol. The third-order valence-electron chi connectivity index (χ3n) is 8.11. The zero-order valence-electron chi connectivity index (χ0n) is 22.6. The van der Waals surface area contributed by atoms with Gasteiger partial charge in [-0.3, -0.25) is 9.36 Å². The molecule has 0 radical (unpaired) electrons. The molecular formula is C34H28FN3OS. The Morgan fingerprint density at radius 3 is 2.48 bits per heavy atom. The number of rotatable bonds is 3. The molecule has 3 heterocycles. The summed E-state index contributed by atoms with van der Waals surface area (Å²) in [6.07, 6.45) is 3.69. The summed E-state index contributed by atoms with van der Waals surface area (Å²) in [4.78, 5) is 19.8. The zero-order chi connectivity index (χ0) is 27.5.